The van der Waals surface area contributed by atoms with Gasteiger partial charge in [-0.15, -0.1) is 0 Å². The molecule has 1 aromatic heterocycles. The Bertz CT molecular complexity index is 1190. The van der Waals surface area contributed by atoms with Gasteiger partial charge in [-0.2, -0.15) is 0 Å². The first kappa shape index (κ1) is 23.1. The number of hydrogen-bond donors (Lipinski definition) is 1. The van der Waals surface area contributed by atoms with Gasteiger partial charge in [0.15, 0.2) is 0 Å². The molecule has 1 N–H and O–H groups in total. The highest BCUT2D eigenvalue weighted by Crippen LogP contribution is 2.26. The van der Waals surface area contributed by atoms with Crippen molar-refractivity contribution in [3.63, 3.8) is 0 Å². The summed E-state index contributed by atoms with van der Waals surface area (Å²) in [5.74, 6) is -0.938. The maximum atomic E-state index is 13.7. The third-order valence-corrected chi connectivity index (χ3v) is 6.01. The van der Waals surface area contributed by atoms with Crippen LogP contribution in [-0.4, -0.2) is 50.8 Å². The van der Waals surface area contributed by atoms with Crippen LogP contribution in [-0.2, 0) is 11.2 Å². The number of likely N-dealkylation sites (tertiary alicyclic amines) is 1. The molecule has 1 aliphatic heterocycles. The number of nitrogens with zero attached hydrogens (tertiary/aromatic N) is 4. The maximum absolute atomic E-state index is 13.7. The van der Waals surface area contributed by atoms with Crippen molar-refractivity contribution in [3.05, 3.63) is 88.2 Å². The summed E-state index contributed by atoms with van der Waals surface area (Å²) in [6.07, 6.45) is 5.96. The van der Waals surface area contributed by atoms with Crippen LogP contribution in [0.15, 0.2) is 61.2 Å². The molecule has 0 radical (unpaired) electrons. The van der Waals surface area contributed by atoms with Gasteiger partial charge in [0.1, 0.15) is 11.5 Å². The molecular weight excluding hydrogens is 441 g/mol. The van der Waals surface area contributed by atoms with E-state index in [0.717, 1.165) is 0 Å². The summed E-state index contributed by atoms with van der Waals surface area (Å²) in [5, 5.41) is 14.4. The van der Waals surface area contributed by atoms with Crippen LogP contribution in [0.3, 0.4) is 0 Å². The minimum Gasteiger partial charge on any atom is -0.356 e. The molecule has 1 fully saturated rings. The molecule has 2 heterocycles. The minimum absolute atomic E-state index is 0.108. The molecule has 1 saturated heterocycles. The lowest BCUT2D eigenvalue weighted by atomic mass is 9.95. The van der Waals surface area contributed by atoms with Crippen molar-refractivity contribution >= 4 is 17.5 Å². The van der Waals surface area contributed by atoms with Crippen molar-refractivity contribution in [2.75, 3.05) is 19.6 Å². The van der Waals surface area contributed by atoms with Gasteiger partial charge in [0.05, 0.1) is 11.3 Å². The number of nitrogens with one attached hydrogen (secondary N) is 1. The van der Waals surface area contributed by atoms with Crippen LogP contribution in [0, 0.1) is 21.8 Å². The average molecular weight is 465 g/mol. The number of piperidine rings is 1. The standard InChI is InChI=1S/C24H24FN5O4/c25-20-4-2-1-3-17(20)7-10-27-23(31)18-8-12-28(13-9-18)24(32)19-5-6-21(22(15-19)30(33)34)29-14-11-26-16-29/h1-6,11,14-16,18H,7-10,12-13H2,(H,27,31). The third-order valence-electron chi connectivity index (χ3n) is 6.01. The quantitative estimate of drug-likeness (QED) is 0.426. The van der Waals surface area contributed by atoms with Crippen LogP contribution in [0.25, 0.3) is 5.69 Å². The zero-order chi connectivity index (χ0) is 24.1. The summed E-state index contributed by atoms with van der Waals surface area (Å²) in [5.41, 5.74) is 0.914. The molecule has 0 aliphatic carbocycles. The van der Waals surface area contributed by atoms with E-state index in [1.807, 2.05) is 0 Å². The molecule has 9 nitrogen and oxygen atoms in total. The first-order chi connectivity index (χ1) is 16.4. The number of rotatable bonds is 7. The molecule has 0 atom stereocenters. The van der Waals surface area contributed by atoms with Gasteiger partial charge in [0.2, 0.25) is 5.91 Å². The lowest BCUT2D eigenvalue weighted by molar-refractivity contribution is -0.384. The normalized spacial score (nSPS) is 14.1. The minimum atomic E-state index is -0.524. The second-order valence-electron chi connectivity index (χ2n) is 8.13. The van der Waals surface area contributed by atoms with E-state index in [-0.39, 0.29) is 34.8 Å². The Morgan fingerprint density at radius 2 is 1.94 bits per heavy atom. The molecule has 4 rings (SSSR count). The number of carbonyl (C=O) groups is 2. The lowest BCUT2D eigenvalue weighted by Crippen LogP contribution is -2.43. The molecule has 2 aromatic carbocycles. The van der Waals surface area contributed by atoms with Crippen LogP contribution in [0.1, 0.15) is 28.8 Å². The largest absolute Gasteiger partial charge is 0.356 e. The third kappa shape index (κ3) is 5.11. The second-order valence-corrected chi connectivity index (χ2v) is 8.13. The number of nitro groups is 1. The molecule has 2 amide bonds. The van der Waals surface area contributed by atoms with Crippen molar-refractivity contribution < 1.29 is 18.9 Å². The van der Waals surface area contributed by atoms with Gasteiger partial charge in [-0.1, -0.05) is 18.2 Å². The number of benzene rings is 2. The fourth-order valence-corrected chi connectivity index (χ4v) is 4.12. The summed E-state index contributed by atoms with van der Waals surface area (Å²) in [7, 11) is 0. The summed E-state index contributed by atoms with van der Waals surface area (Å²) in [4.78, 5) is 42.0. The predicted octanol–water partition coefficient (Wildman–Crippen LogP) is 3.13. The summed E-state index contributed by atoms with van der Waals surface area (Å²) in [6, 6.07) is 10.8. The zero-order valence-electron chi connectivity index (χ0n) is 18.4. The highest BCUT2D eigenvalue weighted by Gasteiger charge is 2.29. The van der Waals surface area contributed by atoms with Crippen molar-refractivity contribution in [1.29, 1.82) is 0 Å². The number of nitro benzene ring substituents is 1. The Labute approximate surface area is 195 Å². The van der Waals surface area contributed by atoms with Crippen molar-refractivity contribution in [2.24, 2.45) is 5.92 Å². The fourth-order valence-electron chi connectivity index (χ4n) is 4.12. The van der Waals surface area contributed by atoms with Gasteiger partial charge >= 0.3 is 0 Å². The average Bonchev–Trinajstić information content (AvgIpc) is 3.39. The number of amides is 2. The molecule has 0 bridgehead atoms. The fraction of sp³-hybridized carbons (Fsp3) is 0.292. The van der Waals surface area contributed by atoms with Crippen molar-refractivity contribution in [3.8, 4) is 5.69 Å². The highest BCUT2D eigenvalue weighted by atomic mass is 19.1. The Balaban J connectivity index is 1.32. The SMILES string of the molecule is O=C(NCCc1ccccc1F)C1CCN(C(=O)c2ccc(-n3ccnc3)c([N+](=O)[O-])c2)CC1. The van der Waals surface area contributed by atoms with Crippen LogP contribution in [0.5, 0.6) is 0 Å². The Kier molecular flexibility index (Phi) is 6.95. The number of carbonyl (C=O) groups excluding carboxylic acids is 2. The molecular formula is C24H24FN5O4. The van der Waals surface area contributed by atoms with Gasteiger partial charge in [0.25, 0.3) is 11.6 Å². The number of hydrogen-bond acceptors (Lipinski definition) is 5. The van der Waals surface area contributed by atoms with Gasteiger partial charge in [-0.3, -0.25) is 19.7 Å². The van der Waals surface area contributed by atoms with Gasteiger partial charge in [0, 0.05) is 49.6 Å². The first-order valence-electron chi connectivity index (χ1n) is 11.0. The molecule has 0 saturated carbocycles. The van der Waals surface area contributed by atoms with Gasteiger partial charge < -0.3 is 14.8 Å². The van der Waals surface area contributed by atoms with Gasteiger partial charge in [-0.05, 0) is 43.0 Å². The summed E-state index contributed by atoms with van der Waals surface area (Å²) >= 11 is 0. The van der Waals surface area contributed by atoms with E-state index < -0.39 is 4.92 Å². The van der Waals surface area contributed by atoms with Crippen molar-refractivity contribution in [1.82, 2.24) is 19.8 Å². The molecule has 0 spiro atoms. The van der Waals surface area contributed by atoms with Crippen LogP contribution < -0.4 is 5.32 Å². The Morgan fingerprint density at radius 3 is 2.62 bits per heavy atom. The van der Waals surface area contributed by atoms with E-state index in [4.69, 9.17) is 0 Å². The lowest BCUT2D eigenvalue weighted by Gasteiger charge is -2.31. The van der Waals surface area contributed by atoms with Crippen LogP contribution in [0.4, 0.5) is 10.1 Å². The summed E-state index contributed by atoms with van der Waals surface area (Å²) in [6.45, 7) is 1.09. The molecule has 0 unspecified atom stereocenters. The van der Waals surface area contributed by atoms with Crippen molar-refractivity contribution in [2.45, 2.75) is 19.3 Å². The van der Waals surface area contributed by atoms with E-state index in [0.29, 0.717) is 50.1 Å². The maximum Gasteiger partial charge on any atom is 0.294 e. The zero-order valence-corrected chi connectivity index (χ0v) is 18.4. The van der Waals surface area contributed by atoms with E-state index in [1.165, 1.54) is 35.3 Å². The summed E-state index contributed by atoms with van der Waals surface area (Å²) < 4.78 is 15.2. The number of imidazole rings is 1. The monoisotopic (exact) mass is 465 g/mol. The first-order valence-corrected chi connectivity index (χ1v) is 11.0. The van der Waals surface area contributed by atoms with Gasteiger partial charge in [-0.25, -0.2) is 9.37 Å². The van der Waals surface area contributed by atoms with E-state index in [2.05, 4.69) is 10.3 Å². The Hall–Kier alpha value is -4.08. The van der Waals surface area contributed by atoms with E-state index in [9.17, 15) is 24.1 Å². The number of aromatic nitrogens is 2. The Morgan fingerprint density at radius 1 is 1.18 bits per heavy atom. The molecule has 34 heavy (non-hydrogen) atoms. The van der Waals surface area contributed by atoms with E-state index in [1.54, 1.807) is 35.4 Å². The van der Waals surface area contributed by atoms with Crippen LogP contribution in [0.2, 0.25) is 0 Å². The molecule has 1 aliphatic rings. The van der Waals surface area contributed by atoms with E-state index >= 15 is 0 Å². The molecule has 3 aromatic rings. The smallest absolute Gasteiger partial charge is 0.294 e. The number of halogens is 1. The predicted molar refractivity (Wildman–Crippen MR) is 122 cm³/mol. The highest BCUT2D eigenvalue weighted by molar-refractivity contribution is 5.95. The molecule has 176 valence electrons. The van der Waals surface area contributed by atoms with Crippen LogP contribution >= 0.6 is 0 Å². The second kappa shape index (κ2) is 10.2. The topological polar surface area (TPSA) is 110 Å². The molecule has 10 heteroatoms.